The second-order valence-electron chi connectivity index (χ2n) is 2.92. The van der Waals surface area contributed by atoms with E-state index in [9.17, 15) is 4.79 Å². The molecule has 0 atom stereocenters. The molecule has 0 fully saturated rings. The van der Waals surface area contributed by atoms with E-state index in [2.05, 4.69) is 15.9 Å². The Labute approximate surface area is 106 Å². The fourth-order valence-electron chi connectivity index (χ4n) is 0.970. The Morgan fingerprint density at radius 2 is 1.87 bits per heavy atom. The van der Waals surface area contributed by atoms with Crippen LogP contribution in [-0.4, -0.2) is 11.1 Å². The van der Waals surface area contributed by atoms with Crippen molar-refractivity contribution in [3.63, 3.8) is 0 Å². The molecule has 0 heterocycles. The van der Waals surface area contributed by atoms with Crippen molar-refractivity contribution in [2.75, 3.05) is 0 Å². The highest BCUT2D eigenvalue weighted by atomic mass is 79.9. The van der Waals surface area contributed by atoms with Gasteiger partial charge in [-0.1, -0.05) is 39.1 Å². The minimum Gasteiger partial charge on any atom is -0.478 e. The molecular weight excluding hydrogens is 303 g/mol. The number of rotatable bonds is 2. The molecule has 0 saturated carbocycles. The molecule has 0 spiro atoms. The molecular formula is C10H7BrCl2O2. The zero-order valence-electron chi connectivity index (χ0n) is 7.72. The van der Waals surface area contributed by atoms with E-state index in [1.165, 1.54) is 13.0 Å². The first-order valence-corrected chi connectivity index (χ1v) is 5.53. The fourth-order valence-corrected chi connectivity index (χ4v) is 2.29. The van der Waals surface area contributed by atoms with Gasteiger partial charge in [0.2, 0.25) is 0 Å². The normalized spacial score (nSPS) is 11.6. The molecule has 5 heteroatoms. The summed E-state index contributed by atoms with van der Waals surface area (Å²) in [5.74, 6) is -0.995. The van der Waals surface area contributed by atoms with E-state index >= 15 is 0 Å². The Morgan fingerprint density at radius 3 is 2.27 bits per heavy atom. The third kappa shape index (κ3) is 3.23. The molecule has 0 aliphatic rings. The summed E-state index contributed by atoms with van der Waals surface area (Å²) in [6.07, 6.45) is 1.44. The van der Waals surface area contributed by atoms with Crippen LogP contribution in [0.3, 0.4) is 0 Å². The molecule has 1 N–H and O–H groups in total. The molecule has 80 valence electrons. The molecule has 0 aliphatic carbocycles. The summed E-state index contributed by atoms with van der Waals surface area (Å²) >= 11 is 15.1. The lowest BCUT2D eigenvalue weighted by Gasteiger charge is -2.03. The molecule has 1 aromatic carbocycles. The highest BCUT2D eigenvalue weighted by Crippen LogP contribution is 2.30. The largest absolute Gasteiger partial charge is 0.478 e. The van der Waals surface area contributed by atoms with Crippen LogP contribution in [0, 0.1) is 0 Å². The van der Waals surface area contributed by atoms with Crippen molar-refractivity contribution in [1.82, 2.24) is 0 Å². The zero-order chi connectivity index (χ0) is 11.6. The lowest BCUT2D eigenvalue weighted by Crippen LogP contribution is -1.95. The van der Waals surface area contributed by atoms with Crippen LogP contribution in [-0.2, 0) is 4.79 Å². The highest BCUT2D eigenvalue weighted by molar-refractivity contribution is 9.10. The van der Waals surface area contributed by atoms with Crippen LogP contribution in [0.1, 0.15) is 12.5 Å². The van der Waals surface area contributed by atoms with E-state index in [0.29, 0.717) is 15.6 Å². The van der Waals surface area contributed by atoms with Gasteiger partial charge in [-0.15, -0.1) is 0 Å². The number of carbonyl (C=O) groups is 1. The quantitative estimate of drug-likeness (QED) is 0.829. The fraction of sp³-hybridized carbons (Fsp3) is 0.100. The van der Waals surface area contributed by atoms with Crippen molar-refractivity contribution in [3.8, 4) is 0 Å². The van der Waals surface area contributed by atoms with Crippen LogP contribution in [0.15, 0.2) is 22.2 Å². The van der Waals surface area contributed by atoms with Crippen molar-refractivity contribution < 1.29 is 9.90 Å². The van der Waals surface area contributed by atoms with Gasteiger partial charge in [0.05, 0.1) is 10.0 Å². The average Bonchev–Trinajstić information content (AvgIpc) is 2.10. The number of carboxylic acid groups (broad SMARTS) is 1. The van der Waals surface area contributed by atoms with E-state index in [1.807, 2.05) is 0 Å². The number of benzene rings is 1. The van der Waals surface area contributed by atoms with E-state index < -0.39 is 5.97 Å². The minimum atomic E-state index is -0.995. The van der Waals surface area contributed by atoms with Crippen molar-refractivity contribution in [3.05, 3.63) is 37.8 Å². The number of hydrogen-bond donors (Lipinski definition) is 1. The number of hydrogen-bond acceptors (Lipinski definition) is 1. The number of halogens is 3. The summed E-state index contributed by atoms with van der Waals surface area (Å²) in [5, 5.41) is 9.54. The summed E-state index contributed by atoms with van der Waals surface area (Å²) < 4.78 is 0.752. The second kappa shape index (κ2) is 5.01. The van der Waals surface area contributed by atoms with Gasteiger partial charge >= 0.3 is 5.97 Å². The summed E-state index contributed by atoms with van der Waals surface area (Å²) in [5.41, 5.74) is 0.697. The molecule has 0 aromatic heterocycles. The molecule has 2 nitrogen and oxygen atoms in total. The smallest absolute Gasteiger partial charge is 0.331 e. The highest BCUT2D eigenvalue weighted by Gasteiger charge is 2.07. The van der Waals surface area contributed by atoms with Crippen molar-refractivity contribution >= 4 is 51.2 Å². The molecule has 0 radical (unpaired) electrons. The van der Waals surface area contributed by atoms with E-state index in [-0.39, 0.29) is 5.57 Å². The predicted molar refractivity (Wildman–Crippen MR) is 65.4 cm³/mol. The van der Waals surface area contributed by atoms with Gasteiger partial charge in [0.1, 0.15) is 0 Å². The van der Waals surface area contributed by atoms with Gasteiger partial charge in [-0.2, -0.15) is 0 Å². The lowest BCUT2D eigenvalue weighted by atomic mass is 10.1. The van der Waals surface area contributed by atoms with Crippen LogP contribution in [0.25, 0.3) is 6.08 Å². The average molecular weight is 310 g/mol. The first-order chi connectivity index (χ1) is 6.91. The van der Waals surface area contributed by atoms with Gasteiger partial charge in [0, 0.05) is 15.6 Å². The Kier molecular flexibility index (Phi) is 4.20. The summed E-state index contributed by atoms with van der Waals surface area (Å²) in [4.78, 5) is 10.6. The molecule has 1 rings (SSSR count). The van der Waals surface area contributed by atoms with Crippen LogP contribution < -0.4 is 0 Å². The van der Waals surface area contributed by atoms with Crippen LogP contribution in [0.4, 0.5) is 0 Å². The molecule has 0 aliphatic heterocycles. The maximum Gasteiger partial charge on any atom is 0.331 e. The Hall–Kier alpha value is -0.510. The van der Waals surface area contributed by atoms with Gasteiger partial charge in [0.25, 0.3) is 0 Å². The maximum absolute atomic E-state index is 10.6. The Morgan fingerprint density at radius 1 is 1.40 bits per heavy atom. The van der Waals surface area contributed by atoms with Gasteiger partial charge in [-0.25, -0.2) is 4.79 Å². The van der Waals surface area contributed by atoms with Gasteiger partial charge < -0.3 is 5.11 Å². The number of aliphatic carboxylic acids is 1. The van der Waals surface area contributed by atoms with Crippen molar-refractivity contribution in [2.45, 2.75) is 6.92 Å². The summed E-state index contributed by atoms with van der Waals surface area (Å²) in [6.45, 7) is 1.48. The monoisotopic (exact) mass is 308 g/mol. The summed E-state index contributed by atoms with van der Waals surface area (Å²) in [7, 11) is 0. The third-order valence-electron chi connectivity index (χ3n) is 1.74. The van der Waals surface area contributed by atoms with E-state index in [4.69, 9.17) is 28.3 Å². The zero-order valence-corrected chi connectivity index (χ0v) is 10.8. The standard InChI is InChI=1S/C10H7BrCl2O2/c1-5(10(14)15)2-7-8(12)3-6(11)4-9(7)13/h2-4H,1H3,(H,14,15). The maximum atomic E-state index is 10.6. The van der Waals surface area contributed by atoms with Gasteiger partial charge in [-0.05, 0) is 25.1 Å². The molecule has 0 unspecified atom stereocenters. The van der Waals surface area contributed by atoms with Crippen molar-refractivity contribution in [1.29, 1.82) is 0 Å². The minimum absolute atomic E-state index is 0.182. The molecule has 15 heavy (non-hydrogen) atoms. The SMILES string of the molecule is CC(=Cc1c(Cl)cc(Br)cc1Cl)C(=O)O. The van der Waals surface area contributed by atoms with Gasteiger partial charge in [0.15, 0.2) is 0 Å². The molecule has 0 saturated heterocycles. The second-order valence-corrected chi connectivity index (χ2v) is 4.65. The van der Waals surface area contributed by atoms with Crippen LogP contribution >= 0.6 is 39.1 Å². The molecule has 0 amide bonds. The first kappa shape index (κ1) is 12.6. The molecule has 1 aromatic rings. The van der Waals surface area contributed by atoms with E-state index in [0.717, 1.165) is 4.47 Å². The topological polar surface area (TPSA) is 37.3 Å². The van der Waals surface area contributed by atoms with Crippen molar-refractivity contribution in [2.24, 2.45) is 0 Å². The Balaban J connectivity index is 3.27. The molecule has 0 bridgehead atoms. The number of carboxylic acids is 1. The Bertz CT molecular complexity index is 418. The van der Waals surface area contributed by atoms with E-state index in [1.54, 1.807) is 12.1 Å². The van der Waals surface area contributed by atoms with Gasteiger partial charge in [-0.3, -0.25) is 0 Å². The third-order valence-corrected chi connectivity index (χ3v) is 2.83. The summed E-state index contributed by atoms with van der Waals surface area (Å²) in [6, 6.07) is 3.32. The lowest BCUT2D eigenvalue weighted by molar-refractivity contribution is -0.132. The first-order valence-electron chi connectivity index (χ1n) is 3.98. The van der Waals surface area contributed by atoms with Crippen LogP contribution in [0.5, 0.6) is 0 Å². The predicted octanol–water partition coefficient (Wildman–Crippen LogP) is 4.24. The van der Waals surface area contributed by atoms with Crippen LogP contribution in [0.2, 0.25) is 10.0 Å².